The molecule has 12 heteroatoms. The number of carbonyl (C=O) groups is 2. The van der Waals surface area contributed by atoms with Crippen molar-refractivity contribution in [3.05, 3.63) is 53.6 Å². The third-order valence-corrected chi connectivity index (χ3v) is 6.89. The normalized spacial score (nSPS) is 16.1. The third kappa shape index (κ3) is 8.07. The second-order valence-electron chi connectivity index (χ2n) is 9.16. The molecule has 1 unspecified atom stereocenters. The van der Waals surface area contributed by atoms with E-state index in [2.05, 4.69) is 20.3 Å². The van der Waals surface area contributed by atoms with Gasteiger partial charge in [-0.05, 0) is 61.2 Å². The Morgan fingerprint density at radius 2 is 1.76 bits per heavy atom. The van der Waals surface area contributed by atoms with Crippen LogP contribution in [-0.2, 0) is 14.8 Å². The van der Waals surface area contributed by atoms with Gasteiger partial charge in [0.1, 0.15) is 11.8 Å². The zero-order chi connectivity index (χ0) is 27.2. The van der Waals surface area contributed by atoms with Crippen LogP contribution in [0.1, 0.15) is 48.2 Å². The summed E-state index contributed by atoms with van der Waals surface area (Å²) >= 11 is 0. The summed E-state index contributed by atoms with van der Waals surface area (Å²) in [4.78, 5) is 25.7. The van der Waals surface area contributed by atoms with Crippen LogP contribution in [0.25, 0.3) is 0 Å². The first-order chi connectivity index (χ1) is 17.5. The van der Waals surface area contributed by atoms with Crippen LogP contribution in [0.15, 0.2) is 42.5 Å². The molecule has 1 aliphatic heterocycles. The maximum absolute atomic E-state index is 12.3. The lowest BCUT2D eigenvalue weighted by atomic mass is 10.0. The molecule has 2 aromatic carbocycles. The van der Waals surface area contributed by atoms with E-state index in [-0.39, 0.29) is 24.0 Å². The smallest absolute Gasteiger partial charge is 0.326 e. The number of aromatic hydroxyl groups is 1. The lowest BCUT2D eigenvalue weighted by molar-refractivity contribution is -0.139. The summed E-state index contributed by atoms with van der Waals surface area (Å²) in [5.41, 5.74) is 1.86. The number of sulfonamides is 1. The molecular formula is C25H34N4O7S. The number of aliphatic hydroxyl groups is 1. The van der Waals surface area contributed by atoms with Gasteiger partial charge in [0.05, 0.1) is 18.0 Å². The molecule has 6 N–H and O–H groups in total. The molecule has 3 rings (SSSR count). The Kier molecular flexibility index (Phi) is 9.35. The standard InChI is InChI=1S/C25H34N4O7S/c1-3-20(25(33)34)27-24(32)16-4-7-19(8-5-16)29-12-10-18(11-13-29)26-15-23(31)17-6-9-22(30)21(14-17)28-37(2,35)36/h4-9,14,18,20,23,26,28,30-31H,3,10-13,15H2,1-2H3,(H,27,32)(H,33,34)/t20?,23-/m0/s1. The fourth-order valence-corrected chi connectivity index (χ4v) is 4.75. The van der Waals surface area contributed by atoms with E-state index in [9.17, 15) is 28.2 Å². The molecule has 11 nitrogen and oxygen atoms in total. The quantitative estimate of drug-likeness (QED) is 0.235. The molecule has 2 atom stereocenters. The summed E-state index contributed by atoms with van der Waals surface area (Å²) < 4.78 is 25.2. The number of phenols is 1. The van der Waals surface area contributed by atoms with Gasteiger partial charge in [0.2, 0.25) is 10.0 Å². The van der Waals surface area contributed by atoms with Gasteiger partial charge >= 0.3 is 5.97 Å². The van der Waals surface area contributed by atoms with Gasteiger partial charge in [-0.15, -0.1) is 0 Å². The summed E-state index contributed by atoms with van der Waals surface area (Å²) in [6.45, 7) is 3.52. The number of nitrogens with one attached hydrogen (secondary N) is 3. The fraction of sp³-hybridized carbons (Fsp3) is 0.440. The van der Waals surface area contributed by atoms with Crippen molar-refractivity contribution >= 4 is 33.3 Å². The van der Waals surface area contributed by atoms with Crippen molar-refractivity contribution in [1.82, 2.24) is 10.6 Å². The SMILES string of the molecule is CCC(NC(=O)c1ccc(N2CCC(NC[C@H](O)c3ccc(O)c(NS(C)(=O)=O)c3)CC2)cc1)C(=O)O. The van der Waals surface area contributed by atoms with Crippen LogP contribution in [0.4, 0.5) is 11.4 Å². The molecular weight excluding hydrogens is 500 g/mol. The molecule has 1 amide bonds. The van der Waals surface area contributed by atoms with E-state index in [4.69, 9.17) is 5.11 Å². The van der Waals surface area contributed by atoms with Crippen LogP contribution >= 0.6 is 0 Å². The molecule has 0 aromatic heterocycles. The van der Waals surface area contributed by atoms with Crippen LogP contribution in [0.3, 0.4) is 0 Å². The highest BCUT2D eigenvalue weighted by Gasteiger charge is 2.22. The number of benzene rings is 2. The molecule has 37 heavy (non-hydrogen) atoms. The highest BCUT2D eigenvalue weighted by Crippen LogP contribution is 2.28. The van der Waals surface area contributed by atoms with Crippen LogP contribution in [0.2, 0.25) is 0 Å². The number of hydrogen-bond acceptors (Lipinski definition) is 8. The van der Waals surface area contributed by atoms with Crippen molar-refractivity contribution in [2.24, 2.45) is 0 Å². The molecule has 0 bridgehead atoms. The van der Waals surface area contributed by atoms with E-state index >= 15 is 0 Å². The Balaban J connectivity index is 1.49. The molecule has 0 spiro atoms. The van der Waals surface area contributed by atoms with E-state index < -0.39 is 34.0 Å². The van der Waals surface area contributed by atoms with Crippen LogP contribution in [0.5, 0.6) is 5.75 Å². The summed E-state index contributed by atoms with van der Waals surface area (Å²) in [7, 11) is -3.57. The highest BCUT2D eigenvalue weighted by atomic mass is 32.2. The topological polar surface area (TPSA) is 168 Å². The molecule has 0 aliphatic carbocycles. The number of piperidine rings is 1. The van der Waals surface area contributed by atoms with Gasteiger partial charge in [0.15, 0.2) is 0 Å². The second kappa shape index (κ2) is 12.3. The number of anilines is 2. The molecule has 1 aliphatic rings. The average molecular weight is 535 g/mol. The number of nitrogens with zero attached hydrogens (tertiary/aromatic N) is 1. The minimum absolute atomic E-state index is 0.0166. The van der Waals surface area contributed by atoms with Gasteiger partial charge in [-0.2, -0.15) is 0 Å². The Morgan fingerprint density at radius 3 is 2.32 bits per heavy atom. The first-order valence-electron chi connectivity index (χ1n) is 12.1. The number of aliphatic carboxylic acids is 1. The van der Waals surface area contributed by atoms with Crippen LogP contribution in [-0.4, -0.2) is 73.6 Å². The molecule has 1 fully saturated rings. The van der Waals surface area contributed by atoms with Gasteiger partial charge in [0, 0.05) is 36.9 Å². The number of rotatable bonds is 11. The monoisotopic (exact) mass is 534 g/mol. The van der Waals surface area contributed by atoms with Gasteiger partial charge in [-0.25, -0.2) is 13.2 Å². The fourth-order valence-electron chi connectivity index (χ4n) is 4.18. The Labute approximate surface area is 216 Å². The molecule has 1 saturated heterocycles. The van der Waals surface area contributed by atoms with Crippen molar-refractivity contribution < 1.29 is 33.3 Å². The summed E-state index contributed by atoms with van der Waals surface area (Å²) in [6, 6.07) is 10.6. The Hall–Kier alpha value is -3.35. The number of carboxylic acids is 1. The Morgan fingerprint density at radius 1 is 1.11 bits per heavy atom. The van der Waals surface area contributed by atoms with Crippen molar-refractivity contribution in [1.29, 1.82) is 0 Å². The average Bonchev–Trinajstić information content (AvgIpc) is 2.86. The van der Waals surface area contributed by atoms with Gasteiger partial charge in [-0.1, -0.05) is 13.0 Å². The zero-order valence-electron chi connectivity index (χ0n) is 20.8. The third-order valence-electron chi connectivity index (χ3n) is 6.30. The predicted octanol–water partition coefficient (Wildman–Crippen LogP) is 1.65. The molecule has 0 saturated carbocycles. The zero-order valence-corrected chi connectivity index (χ0v) is 21.7. The van der Waals surface area contributed by atoms with Crippen LogP contribution in [0, 0.1) is 0 Å². The van der Waals surface area contributed by atoms with E-state index in [1.807, 2.05) is 12.1 Å². The summed E-state index contributed by atoms with van der Waals surface area (Å²) in [5.74, 6) is -1.70. The largest absolute Gasteiger partial charge is 0.506 e. The van der Waals surface area contributed by atoms with E-state index in [1.165, 1.54) is 12.1 Å². The number of amides is 1. The minimum Gasteiger partial charge on any atom is -0.506 e. The van der Waals surface area contributed by atoms with Gasteiger partial charge < -0.3 is 30.9 Å². The van der Waals surface area contributed by atoms with Gasteiger partial charge in [0.25, 0.3) is 5.91 Å². The number of carboxylic acid groups (broad SMARTS) is 1. The maximum Gasteiger partial charge on any atom is 0.326 e. The van der Waals surface area contributed by atoms with Crippen molar-refractivity contribution in [2.75, 3.05) is 35.5 Å². The second-order valence-corrected chi connectivity index (χ2v) is 10.9. The molecule has 1 heterocycles. The van der Waals surface area contributed by atoms with Crippen LogP contribution < -0.4 is 20.3 Å². The van der Waals surface area contributed by atoms with Gasteiger partial charge in [-0.3, -0.25) is 9.52 Å². The lowest BCUT2D eigenvalue weighted by Gasteiger charge is -2.34. The van der Waals surface area contributed by atoms with Crippen molar-refractivity contribution in [2.45, 2.75) is 44.4 Å². The first kappa shape index (κ1) is 28.2. The Bertz CT molecular complexity index is 1200. The number of aliphatic hydroxyl groups excluding tert-OH is 1. The number of carbonyl (C=O) groups excluding carboxylic acids is 1. The maximum atomic E-state index is 12.3. The van der Waals surface area contributed by atoms with E-state index in [0.717, 1.165) is 37.9 Å². The minimum atomic E-state index is -3.57. The molecule has 202 valence electrons. The van der Waals surface area contributed by atoms with Crippen molar-refractivity contribution in [3.63, 3.8) is 0 Å². The van der Waals surface area contributed by atoms with Crippen molar-refractivity contribution in [3.8, 4) is 5.75 Å². The molecule has 2 aromatic rings. The first-order valence-corrected chi connectivity index (χ1v) is 14.0. The summed E-state index contributed by atoms with van der Waals surface area (Å²) in [6.07, 6.45) is 2.07. The predicted molar refractivity (Wildman–Crippen MR) is 140 cm³/mol. The lowest BCUT2D eigenvalue weighted by Crippen LogP contribution is -2.43. The molecule has 0 radical (unpaired) electrons. The highest BCUT2D eigenvalue weighted by molar-refractivity contribution is 7.92. The number of phenolic OH excluding ortho intramolecular Hbond substituents is 1. The van der Waals surface area contributed by atoms with E-state index in [0.29, 0.717) is 17.5 Å². The number of hydrogen-bond donors (Lipinski definition) is 6. The van der Waals surface area contributed by atoms with E-state index in [1.54, 1.807) is 25.1 Å². The summed E-state index contributed by atoms with van der Waals surface area (Å²) in [5, 5.41) is 35.4.